The van der Waals surface area contributed by atoms with Gasteiger partial charge in [-0.15, -0.1) is 15.3 Å². The molecule has 0 aliphatic carbocycles. The molecule has 8 nitrogen and oxygen atoms in total. The molecule has 0 radical (unpaired) electrons. The largest absolute Gasteiger partial charge is 0.464 e. The Kier molecular flexibility index (Phi) is 2.46. The van der Waals surface area contributed by atoms with Crippen molar-refractivity contribution in [3.63, 3.8) is 0 Å². The number of esters is 1. The maximum Gasteiger partial charge on any atom is 0.358 e. The van der Waals surface area contributed by atoms with Crippen LogP contribution in [0.4, 0.5) is 5.95 Å². The molecule has 2 aromatic heterocycles. The summed E-state index contributed by atoms with van der Waals surface area (Å²) in [6, 6.07) is 3.04. The molecular weight excluding hydrogens is 212 g/mol. The molecule has 0 aliphatic rings. The highest BCUT2D eigenvalue weighted by molar-refractivity contribution is 5.86. The smallest absolute Gasteiger partial charge is 0.358 e. The standard InChI is InChI=1S/C8H8N6O2/c1-16-7(15)5-2-3-6(12-11-5)14-4-10-8(9)13-14/h2-4H,1H3,(H2,9,13). The first-order valence-electron chi connectivity index (χ1n) is 4.30. The molecule has 2 rings (SSSR count). The number of carbonyl (C=O) groups is 1. The minimum Gasteiger partial charge on any atom is -0.464 e. The number of aromatic nitrogens is 5. The van der Waals surface area contributed by atoms with E-state index in [0.717, 1.165) is 0 Å². The van der Waals surface area contributed by atoms with Crippen molar-refractivity contribution in [2.24, 2.45) is 0 Å². The van der Waals surface area contributed by atoms with Crippen LogP contribution in [0.2, 0.25) is 0 Å². The maximum absolute atomic E-state index is 11.1. The van der Waals surface area contributed by atoms with Crippen LogP contribution < -0.4 is 5.73 Å². The fraction of sp³-hybridized carbons (Fsp3) is 0.125. The van der Waals surface area contributed by atoms with Crippen LogP contribution in [-0.2, 0) is 4.74 Å². The topological polar surface area (TPSA) is 109 Å². The third kappa shape index (κ3) is 1.80. The maximum atomic E-state index is 11.1. The summed E-state index contributed by atoms with van der Waals surface area (Å²) in [6.07, 6.45) is 1.40. The van der Waals surface area contributed by atoms with Gasteiger partial charge in [-0.25, -0.2) is 9.78 Å². The van der Waals surface area contributed by atoms with Crippen molar-refractivity contribution in [3.8, 4) is 5.82 Å². The predicted octanol–water partition coefficient (Wildman–Crippen LogP) is -0.574. The number of hydrogen-bond donors (Lipinski definition) is 1. The molecule has 8 heteroatoms. The van der Waals surface area contributed by atoms with Crippen LogP contribution >= 0.6 is 0 Å². The zero-order chi connectivity index (χ0) is 11.5. The number of carbonyl (C=O) groups excluding carboxylic acids is 1. The molecule has 0 aromatic carbocycles. The molecule has 0 fully saturated rings. The number of methoxy groups -OCH3 is 1. The summed E-state index contributed by atoms with van der Waals surface area (Å²) in [4.78, 5) is 14.8. The second-order valence-corrected chi connectivity index (χ2v) is 2.82. The highest BCUT2D eigenvalue weighted by Gasteiger charge is 2.08. The molecule has 0 bridgehead atoms. The minimum atomic E-state index is -0.544. The van der Waals surface area contributed by atoms with Gasteiger partial charge in [0.2, 0.25) is 5.95 Å². The predicted molar refractivity (Wildman–Crippen MR) is 52.7 cm³/mol. The Labute approximate surface area is 90.1 Å². The van der Waals surface area contributed by atoms with Crippen molar-refractivity contribution < 1.29 is 9.53 Å². The van der Waals surface area contributed by atoms with Gasteiger partial charge in [0, 0.05) is 0 Å². The Morgan fingerprint density at radius 2 is 2.25 bits per heavy atom. The van der Waals surface area contributed by atoms with Crippen LogP contribution in [0, 0.1) is 0 Å². The van der Waals surface area contributed by atoms with E-state index in [1.807, 2.05) is 0 Å². The molecule has 0 saturated carbocycles. The van der Waals surface area contributed by atoms with E-state index in [1.165, 1.54) is 24.2 Å². The molecule has 2 heterocycles. The van der Waals surface area contributed by atoms with E-state index in [-0.39, 0.29) is 11.6 Å². The number of rotatable bonds is 2. The molecule has 2 aromatic rings. The van der Waals surface area contributed by atoms with Crippen LogP contribution in [0.5, 0.6) is 0 Å². The summed E-state index contributed by atoms with van der Waals surface area (Å²) in [5.41, 5.74) is 5.47. The van der Waals surface area contributed by atoms with E-state index in [9.17, 15) is 4.79 Å². The lowest BCUT2D eigenvalue weighted by atomic mass is 10.4. The van der Waals surface area contributed by atoms with Crippen molar-refractivity contribution >= 4 is 11.9 Å². The molecule has 0 saturated heterocycles. The number of anilines is 1. The Bertz CT molecular complexity index is 506. The third-order valence-electron chi connectivity index (χ3n) is 1.79. The summed E-state index contributed by atoms with van der Waals surface area (Å²) in [5.74, 6) is 0.00727. The van der Waals surface area contributed by atoms with Gasteiger partial charge in [-0.1, -0.05) is 0 Å². The number of nitrogens with zero attached hydrogens (tertiary/aromatic N) is 5. The van der Waals surface area contributed by atoms with Crippen LogP contribution in [0.3, 0.4) is 0 Å². The zero-order valence-corrected chi connectivity index (χ0v) is 8.36. The number of nitrogen functional groups attached to an aromatic ring is 1. The van der Waals surface area contributed by atoms with Crippen molar-refractivity contribution in [2.45, 2.75) is 0 Å². The fourth-order valence-electron chi connectivity index (χ4n) is 1.05. The summed E-state index contributed by atoms with van der Waals surface area (Å²) in [7, 11) is 1.27. The van der Waals surface area contributed by atoms with Gasteiger partial charge >= 0.3 is 5.97 Å². The molecule has 0 amide bonds. The third-order valence-corrected chi connectivity index (χ3v) is 1.79. The zero-order valence-electron chi connectivity index (χ0n) is 8.36. The molecule has 0 atom stereocenters. The minimum absolute atomic E-state index is 0.124. The number of hydrogen-bond acceptors (Lipinski definition) is 7. The Morgan fingerprint density at radius 1 is 1.44 bits per heavy atom. The normalized spacial score (nSPS) is 10.1. The first-order chi connectivity index (χ1) is 7.70. The molecule has 16 heavy (non-hydrogen) atoms. The SMILES string of the molecule is COC(=O)c1ccc(-n2cnc(N)n2)nn1. The van der Waals surface area contributed by atoms with Crippen LogP contribution in [0.25, 0.3) is 5.82 Å². The summed E-state index contributed by atoms with van der Waals surface area (Å²) < 4.78 is 5.84. The first-order valence-corrected chi connectivity index (χ1v) is 4.30. The summed E-state index contributed by atoms with van der Waals surface area (Å²) in [6.45, 7) is 0. The Morgan fingerprint density at radius 3 is 2.75 bits per heavy atom. The quantitative estimate of drug-likeness (QED) is 0.674. The van der Waals surface area contributed by atoms with Crippen LogP contribution in [0.1, 0.15) is 10.5 Å². The first kappa shape index (κ1) is 10.0. The molecular formula is C8H8N6O2. The highest BCUT2D eigenvalue weighted by atomic mass is 16.5. The van der Waals surface area contributed by atoms with Gasteiger partial charge in [-0.05, 0) is 12.1 Å². The summed E-state index contributed by atoms with van der Waals surface area (Å²) in [5, 5.41) is 11.3. The lowest BCUT2D eigenvalue weighted by Crippen LogP contribution is -2.08. The van der Waals surface area contributed by atoms with E-state index in [0.29, 0.717) is 5.82 Å². The Balaban J connectivity index is 2.29. The second kappa shape index (κ2) is 3.93. The lowest BCUT2D eigenvalue weighted by Gasteiger charge is -1.99. The van der Waals surface area contributed by atoms with Gasteiger partial charge in [0.15, 0.2) is 11.5 Å². The van der Waals surface area contributed by atoms with Crippen molar-refractivity contribution in [1.82, 2.24) is 25.0 Å². The monoisotopic (exact) mass is 220 g/mol. The molecule has 0 spiro atoms. The van der Waals surface area contributed by atoms with Crippen molar-refractivity contribution in [2.75, 3.05) is 12.8 Å². The van der Waals surface area contributed by atoms with E-state index in [4.69, 9.17) is 5.73 Å². The average Bonchev–Trinajstić information content (AvgIpc) is 2.75. The van der Waals surface area contributed by atoms with Crippen molar-refractivity contribution in [1.29, 1.82) is 0 Å². The van der Waals surface area contributed by atoms with Gasteiger partial charge in [-0.3, -0.25) is 0 Å². The van der Waals surface area contributed by atoms with Crippen LogP contribution in [-0.4, -0.2) is 38.0 Å². The van der Waals surface area contributed by atoms with Crippen LogP contribution in [0.15, 0.2) is 18.5 Å². The molecule has 82 valence electrons. The molecule has 0 unspecified atom stereocenters. The van der Waals surface area contributed by atoms with E-state index < -0.39 is 5.97 Å². The number of ether oxygens (including phenoxy) is 1. The lowest BCUT2D eigenvalue weighted by molar-refractivity contribution is 0.0592. The van der Waals surface area contributed by atoms with Gasteiger partial charge in [0.05, 0.1) is 7.11 Å². The van der Waals surface area contributed by atoms with Gasteiger partial charge in [0.25, 0.3) is 0 Å². The molecule has 0 aliphatic heterocycles. The van der Waals surface area contributed by atoms with Crippen molar-refractivity contribution in [3.05, 3.63) is 24.2 Å². The van der Waals surface area contributed by atoms with Gasteiger partial charge in [-0.2, -0.15) is 4.68 Å². The van der Waals surface area contributed by atoms with Gasteiger partial charge in [0.1, 0.15) is 6.33 Å². The highest BCUT2D eigenvalue weighted by Crippen LogP contribution is 2.03. The number of nitrogens with two attached hydrogens (primary N) is 1. The van der Waals surface area contributed by atoms with E-state index >= 15 is 0 Å². The summed E-state index contributed by atoms with van der Waals surface area (Å²) >= 11 is 0. The molecule has 2 N–H and O–H groups in total. The second-order valence-electron chi connectivity index (χ2n) is 2.82. The van der Waals surface area contributed by atoms with E-state index in [2.05, 4.69) is 25.0 Å². The van der Waals surface area contributed by atoms with Gasteiger partial charge < -0.3 is 10.5 Å². The van der Waals surface area contributed by atoms with E-state index in [1.54, 1.807) is 6.07 Å². The average molecular weight is 220 g/mol. The fourth-order valence-corrected chi connectivity index (χ4v) is 1.05. The Hall–Kier alpha value is -2.51.